The maximum atomic E-state index is 5.93. The van der Waals surface area contributed by atoms with E-state index < -0.39 is 8.80 Å². The third-order valence-electron chi connectivity index (χ3n) is 4.15. The molecule has 0 spiro atoms. The van der Waals surface area contributed by atoms with Gasteiger partial charge in [0.1, 0.15) is 0 Å². The molecule has 0 saturated heterocycles. The van der Waals surface area contributed by atoms with Gasteiger partial charge >= 0.3 is 8.80 Å². The summed E-state index contributed by atoms with van der Waals surface area (Å²) in [5.74, 6) is 0.773. The van der Waals surface area contributed by atoms with Crippen molar-refractivity contribution in [3.8, 4) is 0 Å². The highest BCUT2D eigenvalue weighted by Gasteiger charge is 2.40. The molecule has 0 aliphatic heterocycles. The molecule has 0 N–H and O–H groups in total. The van der Waals surface area contributed by atoms with Crippen LogP contribution in [0.15, 0.2) is 0 Å². The predicted molar refractivity (Wildman–Crippen MR) is 87.4 cm³/mol. The van der Waals surface area contributed by atoms with Gasteiger partial charge in [0.15, 0.2) is 0 Å². The van der Waals surface area contributed by atoms with E-state index >= 15 is 0 Å². The minimum Gasteiger partial charge on any atom is -0.379 e. The van der Waals surface area contributed by atoms with Gasteiger partial charge < -0.3 is 18.0 Å². The Hall–Kier alpha value is 0.0569. The molecule has 0 bridgehead atoms. The van der Waals surface area contributed by atoms with Gasteiger partial charge in [0.25, 0.3) is 0 Å². The highest BCUT2D eigenvalue weighted by Crippen LogP contribution is 2.32. The topological polar surface area (TPSA) is 36.9 Å². The van der Waals surface area contributed by atoms with Crippen molar-refractivity contribution < 1.29 is 18.0 Å². The highest BCUT2D eigenvalue weighted by atomic mass is 28.4. The fraction of sp³-hybridized carbons (Fsp3) is 1.00. The molecule has 21 heavy (non-hydrogen) atoms. The first kappa shape index (κ1) is 19.1. The summed E-state index contributed by atoms with van der Waals surface area (Å²) in [6, 6.07) is 0.951. The van der Waals surface area contributed by atoms with Gasteiger partial charge in [-0.15, -0.1) is 0 Å². The van der Waals surface area contributed by atoms with Crippen molar-refractivity contribution in [3.63, 3.8) is 0 Å². The van der Waals surface area contributed by atoms with Crippen LogP contribution in [-0.4, -0.2) is 41.3 Å². The third kappa shape index (κ3) is 6.78. The fourth-order valence-corrected chi connectivity index (χ4v) is 5.97. The van der Waals surface area contributed by atoms with Crippen molar-refractivity contribution in [2.75, 3.05) is 26.4 Å². The molecule has 0 amide bonds. The van der Waals surface area contributed by atoms with Gasteiger partial charge in [-0.3, -0.25) is 0 Å². The van der Waals surface area contributed by atoms with Crippen molar-refractivity contribution in [1.82, 2.24) is 0 Å². The molecule has 0 unspecified atom stereocenters. The summed E-state index contributed by atoms with van der Waals surface area (Å²) in [6.07, 6.45) is 6.57. The first-order valence-corrected chi connectivity index (χ1v) is 10.7. The lowest BCUT2D eigenvalue weighted by Crippen LogP contribution is -2.46. The summed E-state index contributed by atoms with van der Waals surface area (Å²) in [5, 5.41) is 0. The Balaban J connectivity index is 2.42. The minimum atomic E-state index is -2.44. The monoisotopic (exact) mass is 318 g/mol. The average Bonchev–Trinajstić information content (AvgIpc) is 2.48. The zero-order valence-electron chi connectivity index (χ0n) is 14.4. The molecule has 126 valence electrons. The lowest BCUT2D eigenvalue weighted by Gasteiger charge is -2.32. The van der Waals surface area contributed by atoms with E-state index in [2.05, 4.69) is 6.92 Å². The Labute approximate surface area is 131 Å². The van der Waals surface area contributed by atoms with Crippen LogP contribution >= 0.6 is 0 Å². The van der Waals surface area contributed by atoms with Gasteiger partial charge in [-0.1, -0.05) is 0 Å². The summed E-state index contributed by atoms with van der Waals surface area (Å²) >= 11 is 0. The zero-order chi connectivity index (χ0) is 15.6. The number of hydrogen-bond donors (Lipinski definition) is 0. The lowest BCUT2D eigenvalue weighted by atomic mass is 9.86. The summed E-state index contributed by atoms with van der Waals surface area (Å²) in [5.41, 5.74) is 0. The standard InChI is InChI=1S/C16H34O4Si/c1-5-17-16-11-9-15(10-12-16)13-14-21(18-6-2,19-7-3)20-8-4/h15-16H,5-14H2,1-4H3. The van der Waals surface area contributed by atoms with Crippen LogP contribution in [0.4, 0.5) is 0 Å². The van der Waals surface area contributed by atoms with Crippen LogP contribution < -0.4 is 0 Å². The lowest BCUT2D eigenvalue weighted by molar-refractivity contribution is 0.0238. The fourth-order valence-electron chi connectivity index (χ4n) is 3.21. The molecule has 1 aliphatic rings. The van der Waals surface area contributed by atoms with Crippen molar-refractivity contribution >= 4 is 8.80 Å². The third-order valence-corrected chi connectivity index (χ3v) is 7.23. The van der Waals surface area contributed by atoms with Crippen LogP contribution in [0.3, 0.4) is 0 Å². The van der Waals surface area contributed by atoms with E-state index in [1.54, 1.807) is 0 Å². The SMILES string of the molecule is CCOC1CCC(CC[Si](OCC)(OCC)OCC)CC1. The van der Waals surface area contributed by atoms with Crippen molar-refractivity contribution in [2.24, 2.45) is 5.92 Å². The first-order valence-electron chi connectivity index (χ1n) is 8.73. The first-order chi connectivity index (χ1) is 10.2. The Kier molecular flexibility index (Phi) is 9.76. The van der Waals surface area contributed by atoms with E-state index in [9.17, 15) is 0 Å². The van der Waals surface area contributed by atoms with Crippen molar-refractivity contribution in [1.29, 1.82) is 0 Å². The zero-order valence-corrected chi connectivity index (χ0v) is 15.4. The number of rotatable bonds is 11. The molecule has 1 fully saturated rings. The largest absolute Gasteiger partial charge is 0.500 e. The van der Waals surface area contributed by atoms with Crippen LogP contribution in [0.25, 0.3) is 0 Å². The normalized spacial score (nSPS) is 23.4. The quantitative estimate of drug-likeness (QED) is 0.539. The van der Waals surface area contributed by atoms with Crippen molar-refractivity contribution in [3.05, 3.63) is 0 Å². The molecule has 0 heterocycles. The Morgan fingerprint density at radius 3 is 1.71 bits per heavy atom. The predicted octanol–water partition coefficient (Wildman–Crippen LogP) is 4.02. The molecular weight excluding hydrogens is 284 g/mol. The molecule has 0 aromatic heterocycles. The molecule has 1 saturated carbocycles. The van der Waals surface area contributed by atoms with Crippen LogP contribution in [-0.2, 0) is 18.0 Å². The summed E-state index contributed by atoms with van der Waals surface area (Å²) in [7, 11) is -2.44. The summed E-state index contributed by atoms with van der Waals surface area (Å²) < 4.78 is 23.5. The van der Waals surface area contributed by atoms with Crippen molar-refractivity contribution in [2.45, 2.75) is 71.9 Å². The molecule has 0 radical (unpaired) electrons. The molecule has 5 heteroatoms. The van der Waals surface area contributed by atoms with E-state index in [4.69, 9.17) is 18.0 Å². The van der Waals surface area contributed by atoms with Gasteiger partial charge in [-0.25, -0.2) is 0 Å². The van der Waals surface area contributed by atoms with Gasteiger partial charge in [-0.2, -0.15) is 0 Å². The molecule has 0 aromatic carbocycles. The molecule has 0 aromatic rings. The highest BCUT2D eigenvalue weighted by molar-refractivity contribution is 6.60. The van der Waals surface area contributed by atoms with Gasteiger partial charge in [0, 0.05) is 32.5 Å². The van der Waals surface area contributed by atoms with E-state index in [1.165, 1.54) is 25.7 Å². The average molecular weight is 319 g/mol. The maximum Gasteiger partial charge on any atom is 0.500 e. The molecule has 4 nitrogen and oxygen atoms in total. The molecular formula is C16H34O4Si. The summed E-state index contributed by atoms with van der Waals surface area (Å²) in [4.78, 5) is 0. The minimum absolute atomic E-state index is 0.485. The van der Waals surface area contributed by atoms with Gasteiger partial charge in [0.05, 0.1) is 6.10 Å². The Morgan fingerprint density at radius 1 is 0.762 bits per heavy atom. The summed E-state index contributed by atoms with van der Waals surface area (Å²) in [6.45, 7) is 11.0. The second-order valence-electron chi connectivity index (χ2n) is 5.62. The number of ether oxygens (including phenoxy) is 1. The smallest absolute Gasteiger partial charge is 0.379 e. The molecule has 0 atom stereocenters. The van der Waals surface area contributed by atoms with E-state index in [0.29, 0.717) is 25.9 Å². The molecule has 1 aliphatic carbocycles. The number of hydrogen-bond acceptors (Lipinski definition) is 4. The Morgan fingerprint density at radius 2 is 1.29 bits per heavy atom. The van der Waals surface area contributed by atoms with E-state index in [1.807, 2.05) is 20.8 Å². The Bertz CT molecular complexity index is 238. The van der Waals surface area contributed by atoms with Crippen LogP contribution in [0.1, 0.15) is 59.8 Å². The van der Waals surface area contributed by atoms with Crippen LogP contribution in [0.5, 0.6) is 0 Å². The van der Waals surface area contributed by atoms with E-state index in [0.717, 1.165) is 25.0 Å². The van der Waals surface area contributed by atoms with E-state index in [-0.39, 0.29) is 0 Å². The van der Waals surface area contributed by atoms with Crippen LogP contribution in [0, 0.1) is 5.92 Å². The second kappa shape index (κ2) is 10.7. The second-order valence-corrected chi connectivity index (χ2v) is 8.35. The van der Waals surface area contributed by atoms with Crippen LogP contribution in [0.2, 0.25) is 6.04 Å². The maximum absolute atomic E-state index is 5.93. The van der Waals surface area contributed by atoms with Gasteiger partial charge in [-0.05, 0) is 65.7 Å². The molecule has 1 rings (SSSR count). The van der Waals surface area contributed by atoms with Gasteiger partial charge in [0.2, 0.25) is 0 Å².